The molecule has 0 saturated carbocycles. The van der Waals surface area contributed by atoms with Crippen LogP contribution < -0.4 is 5.32 Å². The summed E-state index contributed by atoms with van der Waals surface area (Å²) in [6.07, 6.45) is 2.69. The second-order valence-electron chi connectivity index (χ2n) is 6.97. The van der Waals surface area contributed by atoms with Gasteiger partial charge in [-0.3, -0.25) is 0 Å². The van der Waals surface area contributed by atoms with Gasteiger partial charge in [0.15, 0.2) is 0 Å². The topological polar surface area (TPSA) is 32.3 Å². The number of hydrogen-bond donors (Lipinski definition) is 2. The first-order valence-corrected chi connectivity index (χ1v) is 9.48. The van der Waals surface area contributed by atoms with Gasteiger partial charge in [0, 0.05) is 22.9 Å². The van der Waals surface area contributed by atoms with Crippen molar-refractivity contribution in [2.75, 3.05) is 5.32 Å². The Morgan fingerprint density at radius 2 is 1.39 bits per heavy atom. The number of para-hydroxylation sites is 1. The lowest BCUT2D eigenvalue weighted by molar-refractivity contribution is 0.418. The molecule has 0 fully saturated rings. The van der Waals surface area contributed by atoms with Crippen LogP contribution in [0.5, 0.6) is 0 Å². The molecule has 28 heavy (non-hydrogen) atoms. The smallest absolute Gasteiger partial charge is 0.121 e. The van der Waals surface area contributed by atoms with Crippen molar-refractivity contribution in [1.29, 1.82) is 0 Å². The standard InChI is InChI=1S/C26H23NO/c1-19(27-23-15-9-4-10-16-23)26-24(21-13-7-3-8-14-21)17-22(18-25(26)28)20-11-5-2-6-12-20/h2-16,18,24,27-28H,1,17H2. The molecule has 0 saturated heterocycles. The van der Waals surface area contributed by atoms with Crippen LogP contribution in [0.15, 0.2) is 121 Å². The molecule has 138 valence electrons. The van der Waals surface area contributed by atoms with E-state index in [0.717, 1.165) is 34.5 Å². The molecular formula is C26H23NO. The van der Waals surface area contributed by atoms with E-state index in [-0.39, 0.29) is 11.7 Å². The van der Waals surface area contributed by atoms with Crippen LogP contribution >= 0.6 is 0 Å². The monoisotopic (exact) mass is 365 g/mol. The number of nitrogens with one attached hydrogen (secondary N) is 1. The fourth-order valence-electron chi connectivity index (χ4n) is 3.75. The summed E-state index contributed by atoms with van der Waals surface area (Å²) in [7, 11) is 0. The number of anilines is 1. The molecule has 0 aliphatic heterocycles. The van der Waals surface area contributed by atoms with Gasteiger partial charge in [-0.25, -0.2) is 0 Å². The summed E-state index contributed by atoms with van der Waals surface area (Å²) in [5.74, 6) is 0.303. The molecule has 2 N–H and O–H groups in total. The number of benzene rings is 3. The quantitative estimate of drug-likeness (QED) is 0.527. The Hall–Kier alpha value is -3.52. The maximum Gasteiger partial charge on any atom is 0.121 e. The van der Waals surface area contributed by atoms with Crippen molar-refractivity contribution < 1.29 is 5.11 Å². The van der Waals surface area contributed by atoms with E-state index in [4.69, 9.17) is 0 Å². The molecule has 0 radical (unpaired) electrons. The Morgan fingerprint density at radius 1 is 0.821 bits per heavy atom. The highest BCUT2D eigenvalue weighted by Gasteiger charge is 2.28. The van der Waals surface area contributed by atoms with Crippen molar-refractivity contribution in [2.45, 2.75) is 12.3 Å². The van der Waals surface area contributed by atoms with E-state index in [2.05, 4.69) is 36.2 Å². The van der Waals surface area contributed by atoms with Gasteiger partial charge in [0.25, 0.3) is 0 Å². The lowest BCUT2D eigenvalue weighted by atomic mass is 9.78. The number of aliphatic hydroxyl groups is 1. The van der Waals surface area contributed by atoms with Gasteiger partial charge < -0.3 is 10.4 Å². The van der Waals surface area contributed by atoms with Crippen LogP contribution in [0.2, 0.25) is 0 Å². The second-order valence-corrected chi connectivity index (χ2v) is 6.97. The van der Waals surface area contributed by atoms with Gasteiger partial charge in [-0.05, 0) is 41.3 Å². The maximum atomic E-state index is 11.0. The van der Waals surface area contributed by atoms with Crippen molar-refractivity contribution in [3.63, 3.8) is 0 Å². The minimum Gasteiger partial charge on any atom is -0.508 e. The largest absolute Gasteiger partial charge is 0.508 e. The van der Waals surface area contributed by atoms with Gasteiger partial charge in [0.05, 0.1) is 0 Å². The Kier molecular flexibility index (Phi) is 5.11. The highest BCUT2D eigenvalue weighted by atomic mass is 16.3. The van der Waals surface area contributed by atoms with Crippen LogP contribution in [0.3, 0.4) is 0 Å². The molecule has 0 aromatic heterocycles. The summed E-state index contributed by atoms with van der Waals surface area (Å²) in [5, 5.41) is 14.3. The van der Waals surface area contributed by atoms with E-state index in [1.54, 1.807) is 0 Å². The summed E-state index contributed by atoms with van der Waals surface area (Å²) in [6, 6.07) is 30.5. The highest BCUT2D eigenvalue weighted by Crippen LogP contribution is 2.42. The van der Waals surface area contributed by atoms with Crippen molar-refractivity contribution in [2.24, 2.45) is 0 Å². The van der Waals surface area contributed by atoms with Crippen LogP contribution in [-0.4, -0.2) is 5.11 Å². The van der Waals surface area contributed by atoms with E-state index in [1.807, 2.05) is 72.8 Å². The molecule has 1 aliphatic carbocycles. The van der Waals surface area contributed by atoms with Gasteiger partial charge >= 0.3 is 0 Å². The van der Waals surface area contributed by atoms with Crippen molar-refractivity contribution in [1.82, 2.24) is 0 Å². The molecule has 2 nitrogen and oxygen atoms in total. The molecule has 4 rings (SSSR count). The Morgan fingerprint density at radius 3 is 2.04 bits per heavy atom. The summed E-state index contributed by atoms with van der Waals surface area (Å²) in [4.78, 5) is 0. The average molecular weight is 365 g/mol. The molecule has 3 aromatic carbocycles. The Bertz CT molecular complexity index is 1020. The van der Waals surface area contributed by atoms with Crippen LogP contribution in [0.4, 0.5) is 5.69 Å². The summed E-state index contributed by atoms with van der Waals surface area (Å²) in [6.45, 7) is 4.24. The SMILES string of the molecule is C=C(Nc1ccccc1)C1=C(O)C=C(c2ccccc2)CC1c1ccccc1. The fourth-order valence-corrected chi connectivity index (χ4v) is 3.75. The third-order valence-corrected chi connectivity index (χ3v) is 5.10. The van der Waals surface area contributed by atoms with Crippen molar-refractivity contribution >= 4 is 11.3 Å². The molecule has 3 aromatic rings. The lowest BCUT2D eigenvalue weighted by Gasteiger charge is -2.29. The molecule has 1 aliphatic rings. The first-order chi connectivity index (χ1) is 13.7. The third-order valence-electron chi connectivity index (χ3n) is 5.10. The van der Waals surface area contributed by atoms with Crippen LogP contribution in [0.1, 0.15) is 23.5 Å². The van der Waals surface area contributed by atoms with Crippen molar-refractivity contribution in [3.8, 4) is 0 Å². The zero-order chi connectivity index (χ0) is 19.3. The number of hydrogen-bond acceptors (Lipinski definition) is 2. The van der Waals surface area contributed by atoms with Gasteiger partial charge in [0.2, 0.25) is 0 Å². The zero-order valence-corrected chi connectivity index (χ0v) is 15.7. The molecule has 1 unspecified atom stereocenters. The van der Waals surface area contributed by atoms with Crippen LogP contribution in [0.25, 0.3) is 5.57 Å². The molecule has 0 spiro atoms. The minimum absolute atomic E-state index is 0.0325. The predicted octanol–water partition coefficient (Wildman–Crippen LogP) is 6.70. The Balaban J connectivity index is 1.75. The van der Waals surface area contributed by atoms with Gasteiger partial charge in [-0.1, -0.05) is 85.4 Å². The van der Waals surface area contributed by atoms with E-state index < -0.39 is 0 Å². The van der Waals surface area contributed by atoms with E-state index in [0.29, 0.717) is 0 Å². The number of allylic oxidation sites excluding steroid dienone is 3. The summed E-state index contributed by atoms with van der Waals surface area (Å²) >= 11 is 0. The van der Waals surface area contributed by atoms with Crippen LogP contribution in [0, 0.1) is 0 Å². The molecule has 0 bridgehead atoms. The minimum atomic E-state index is 0.0325. The van der Waals surface area contributed by atoms with Gasteiger partial charge in [-0.2, -0.15) is 0 Å². The number of aliphatic hydroxyl groups excluding tert-OH is 1. The van der Waals surface area contributed by atoms with E-state index in [9.17, 15) is 5.11 Å². The van der Waals surface area contributed by atoms with Gasteiger partial charge in [-0.15, -0.1) is 0 Å². The maximum absolute atomic E-state index is 11.0. The predicted molar refractivity (Wildman–Crippen MR) is 117 cm³/mol. The molecule has 1 atom stereocenters. The number of rotatable bonds is 5. The summed E-state index contributed by atoms with van der Waals surface area (Å²) < 4.78 is 0. The third kappa shape index (κ3) is 3.77. The molecule has 0 amide bonds. The lowest BCUT2D eigenvalue weighted by Crippen LogP contribution is -2.16. The average Bonchev–Trinajstić information content (AvgIpc) is 2.75. The first-order valence-electron chi connectivity index (χ1n) is 9.48. The van der Waals surface area contributed by atoms with E-state index in [1.165, 1.54) is 5.56 Å². The van der Waals surface area contributed by atoms with Crippen molar-refractivity contribution in [3.05, 3.63) is 132 Å². The van der Waals surface area contributed by atoms with E-state index >= 15 is 0 Å². The van der Waals surface area contributed by atoms with Gasteiger partial charge in [0.1, 0.15) is 5.76 Å². The molecule has 2 heteroatoms. The molecule has 0 heterocycles. The molecular weight excluding hydrogens is 342 g/mol. The second kappa shape index (κ2) is 8.01. The normalized spacial score (nSPS) is 16.4. The fraction of sp³-hybridized carbons (Fsp3) is 0.0769. The Labute approximate surface area is 166 Å². The summed E-state index contributed by atoms with van der Waals surface area (Å²) in [5.41, 5.74) is 5.95. The zero-order valence-electron chi connectivity index (χ0n) is 15.7. The van der Waals surface area contributed by atoms with Crippen LogP contribution in [-0.2, 0) is 0 Å². The highest BCUT2D eigenvalue weighted by molar-refractivity contribution is 5.73. The first kappa shape index (κ1) is 17.9.